The molecule has 1 aromatic heterocycles. The zero-order chi connectivity index (χ0) is 13.1. The lowest BCUT2D eigenvalue weighted by atomic mass is 10.1. The molecule has 1 aromatic carbocycles. The summed E-state index contributed by atoms with van der Waals surface area (Å²) in [7, 11) is 0. The fourth-order valence-corrected chi connectivity index (χ4v) is 2.23. The normalized spacial score (nSPS) is 10.6. The molecule has 0 aliphatic rings. The Morgan fingerprint density at radius 2 is 2.22 bits per heavy atom. The van der Waals surface area contributed by atoms with Gasteiger partial charge in [0.05, 0.1) is 10.7 Å². The highest BCUT2D eigenvalue weighted by Crippen LogP contribution is 2.17. The van der Waals surface area contributed by atoms with Gasteiger partial charge < -0.3 is 5.73 Å². The third kappa shape index (κ3) is 3.27. The summed E-state index contributed by atoms with van der Waals surface area (Å²) in [5.74, 6) is -0.554. The van der Waals surface area contributed by atoms with Gasteiger partial charge in [0.2, 0.25) is 0 Å². The van der Waals surface area contributed by atoms with Gasteiger partial charge in [0.15, 0.2) is 5.13 Å². The molecule has 0 saturated carbocycles. The second-order valence-electron chi connectivity index (χ2n) is 3.82. The van der Waals surface area contributed by atoms with Crippen LogP contribution in [0.15, 0.2) is 23.6 Å². The predicted molar refractivity (Wildman–Crippen MR) is 70.4 cm³/mol. The number of rotatable bonds is 4. The van der Waals surface area contributed by atoms with Crippen molar-refractivity contribution in [1.29, 1.82) is 0 Å². The number of aromatic nitrogens is 1. The number of carbonyl (C=O) groups is 1. The summed E-state index contributed by atoms with van der Waals surface area (Å²) in [6.07, 6.45) is 0.365. The van der Waals surface area contributed by atoms with E-state index >= 15 is 0 Å². The first-order valence-corrected chi connectivity index (χ1v) is 6.46. The molecule has 0 spiro atoms. The van der Waals surface area contributed by atoms with E-state index in [1.54, 1.807) is 11.4 Å². The quantitative estimate of drug-likeness (QED) is 0.939. The van der Waals surface area contributed by atoms with Crippen LogP contribution in [0.5, 0.6) is 0 Å². The minimum absolute atomic E-state index is 0.0398. The molecule has 0 bridgehead atoms. The molecular formula is C12H10ClFN2OS. The number of thiazole rings is 1. The zero-order valence-corrected chi connectivity index (χ0v) is 10.9. The zero-order valence-electron chi connectivity index (χ0n) is 9.32. The highest BCUT2D eigenvalue weighted by atomic mass is 35.5. The minimum atomic E-state index is -0.514. The Morgan fingerprint density at radius 3 is 2.83 bits per heavy atom. The molecule has 0 fully saturated rings. The number of halogens is 2. The number of hydrogen-bond acceptors (Lipinski definition) is 4. The highest BCUT2D eigenvalue weighted by molar-refractivity contribution is 7.13. The summed E-state index contributed by atoms with van der Waals surface area (Å²) in [4.78, 5) is 15.8. The van der Waals surface area contributed by atoms with E-state index in [0.29, 0.717) is 16.4 Å². The van der Waals surface area contributed by atoms with Crippen LogP contribution in [-0.4, -0.2) is 10.8 Å². The number of benzene rings is 1. The highest BCUT2D eigenvalue weighted by Gasteiger charge is 2.09. The van der Waals surface area contributed by atoms with E-state index in [4.69, 9.17) is 17.3 Å². The molecule has 0 unspecified atom stereocenters. The lowest BCUT2D eigenvalue weighted by Gasteiger charge is -2.01. The number of hydrogen-bond donors (Lipinski definition) is 1. The van der Waals surface area contributed by atoms with Gasteiger partial charge in [-0.05, 0) is 17.7 Å². The third-order valence-corrected chi connectivity index (χ3v) is 3.36. The summed E-state index contributed by atoms with van der Waals surface area (Å²) in [5, 5.41) is 2.24. The maximum atomic E-state index is 13.2. The van der Waals surface area contributed by atoms with Crippen LogP contribution in [0.2, 0.25) is 5.02 Å². The molecule has 2 N–H and O–H groups in total. The van der Waals surface area contributed by atoms with Gasteiger partial charge >= 0.3 is 0 Å². The van der Waals surface area contributed by atoms with Gasteiger partial charge in [-0.15, -0.1) is 11.3 Å². The smallest absolute Gasteiger partial charge is 0.180 e. The van der Waals surface area contributed by atoms with Gasteiger partial charge in [0.25, 0.3) is 0 Å². The Hall–Kier alpha value is -1.46. The van der Waals surface area contributed by atoms with Crippen LogP contribution in [0.1, 0.15) is 11.3 Å². The Morgan fingerprint density at radius 1 is 1.44 bits per heavy atom. The molecule has 2 rings (SSSR count). The Kier molecular flexibility index (Phi) is 3.93. The third-order valence-electron chi connectivity index (χ3n) is 2.33. The summed E-state index contributed by atoms with van der Waals surface area (Å²) in [6, 6.07) is 4.36. The topological polar surface area (TPSA) is 56.0 Å². The summed E-state index contributed by atoms with van der Waals surface area (Å²) in [6.45, 7) is 0. The van der Waals surface area contributed by atoms with E-state index < -0.39 is 5.82 Å². The monoisotopic (exact) mass is 284 g/mol. The van der Waals surface area contributed by atoms with Crippen LogP contribution in [0.25, 0.3) is 0 Å². The van der Waals surface area contributed by atoms with E-state index in [0.717, 1.165) is 0 Å². The maximum absolute atomic E-state index is 13.2. The van der Waals surface area contributed by atoms with Gasteiger partial charge in [0.1, 0.15) is 11.6 Å². The van der Waals surface area contributed by atoms with Crippen molar-refractivity contribution in [3.05, 3.63) is 45.7 Å². The van der Waals surface area contributed by atoms with Crippen LogP contribution in [0.3, 0.4) is 0 Å². The Balaban J connectivity index is 2.00. The SMILES string of the molecule is Nc1nc(CC(=O)Cc2ccc(Cl)c(F)c2)cs1. The molecule has 0 atom stereocenters. The van der Waals surface area contributed by atoms with Crippen molar-refractivity contribution in [2.24, 2.45) is 0 Å². The number of nitrogen functional groups attached to an aromatic ring is 1. The Labute approximate surface area is 112 Å². The van der Waals surface area contributed by atoms with Gasteiger partial charge in [-0.25, -0.2) is 9.37 Å². The second-order valence-corrected chi connectivity index (χ2v) is 5.11. The van der Waals surface area contributed by atoms with Crippen molar-refractivity contribution in [3.8, 4) is 0 Å². The van der Waals surface area contributed by atoms with Crippen molar-refractivity contribution >= 4 is 33.9 Å². The number of nitrogens with two attached hydrogens (primary N) is 1. The van der Waals surface area contributed by atoms with Crippen molar-refractivity contribution in [3.63, 3.8) is 0 Å². The van der Waals surface area contributed by atoms with E-state index in [2.05, 4.69) is 4.98 Å². The lowest BCUT2D eigenvalue weighted by molar-refractivity contribution is -0.117. The largest absolute Gasteiger partial charge is 0.375 e. The second kappa shape index (κ2) is 5.46. The molecule has 0 amide bonds. The van der Waals surface area contributed by atoms with Gasteiger partial charge in [0, 0.05) is 18.2 Å². The first kappa shape index (κ1) is 13.0. The first-order chi connectivity index (χ1) is 8.54. The standard InChI is InChI=1S/C12H10ClFN2OS/c13-10-2-1-7(4-11(10)14)3-9(17)5-8-6-18-12(15)16-8/h1-2,4,6H,3,5H2,(H2,15,16). The summed E-state index contributed by atoms with van der Waals surface area (Å²) < 4.78 is 13.2. The van der Waals surface area contributed by atoms with E-state index in [1.165, 1.54) is 23.5 Å². The van der Waals surface area contributed by atoms with Crippen LogP contribution in [-0.2, 0) is 17.6 Å². The number of nitrogens with zero attached hydrogens (tertiary/aromatic N) is 1. The van der Waals surface area contributed by atoms with Crippen molar-refractivity contribution in [1.82, 2.24) is 4.98 Å². The maximum Gasteiger partial charge on any atom is 0.180 e. The van der Waals surface area contributed by atoms with E-state index in [9.17, 15) is 9.18 Å². The van der Waals surface area contributed by atoms with Gasteiger partial charge in [-0.1, -0.05) is 17.7 Å². The van der Waals surface area contributed by atoms with Crippen LogP contribution >= 0.6 is 22.9 Å². The summed E-state index contributed by atoms with van der Waals surface area (Å²) >= 11 is 6.86. The summed E-state index contributed by atoms with van der Waals surface area (Å²) in [5.41, 5.74) is 6.73. The molecule has 0 radical (unpaired) electrons. The van der Waals surface area contributed by atoms with Crippen molar-refractivity contribution in [2.45, 2.75) is 12.8 Å². The van der Waals surface area contributed by atoms with Gasteiger partial charge in [-0.3, -0.25) is 4.79 Å². The number of Topliss-reactive ketones (excluding diaryl/α,β-unsaturated/α-hetero) is 1. The minimum Gasteiger partial charge on any atom is -0.375 e. The number of ketones is 1. The molecule has 3 nitrogen and oxygen atoms in total. The molecule has 0 saturated heterocycles. The fourth-order valence-electron chi connectivity index (χ4n) is 1.55. The van der Waals surface area contributed by atoms with Crippen LogP contribution < -0.4 is 5.73 Å². The van der Waals surface area contributed by atoms with Crippen LogP contribution in [0, 0.1) is 5.82 Å². The molecule has 0 aliphatic heterocycles. The van der Waals surface area contributed by atoms with Crippen molar-refractivity contribution in [2.75, 3.05) is 5.73 Å². The number of carbonyl (C=O) groups excluding carboxylic acids is 1. The average Bonchev–Trinajstić information content (AvgIpc) is 2.69. The van der Waals surface area contributed by atoms with Crippen molar-refractivity contribution < 1.29 is 9.18 Å². The molecule has 6 heteroatoms. The molecule has 18 heavy (non-hydrogen) atoms. The lowest BCUT2D eigenvalue weighted by Crippen LogP contribution is -2.07. The number of anilines is 1. The van der Waals surface area contributed by atoms with Gasteiger partial charge in [-0.2, -0.15) is 0 Å². The Bertz CT molecular complexity index is 585. The van der Waals surface area contributed by atoms with E-state index in [-0.39, 0.29) is 23.6 Å². The first-order valence-electron chi connectivity index (χ1n) is 5.20. The molecular weight excluding hydrogens is 275 g/mol. The molecule has 1 heterocycles. The average molecular weight is 285 g/mol. The van der Waals surface area contributed by atoms with E-state index in [1.807, 2.05) is 0 Å². The molecule has 0 aliphatic carbocycles. The van der Waals surface area contributed by atoms with Crippen LogP contribution in [0.4, 0.5) is 9.52 Å². The molecule has 94 valence electrons. The molecule has 2 aromatic rings. The fraction of sp³-hybridized carbons (Fsp3) is 0.167. The predicted octanol–water partition coefficient (Wildman–Crippen LogP) is 2.87.